The van der Waals surface area contributed by atoms with Crippen molar-refractivity contribution >= 4 is 17.2 Å². The zero-order chi connectivity index (χ0) is 26.8. The number of carbonyl (C=O) groups excluding carboxylic acids is 1. The van der Waals surface area contributed by atoms with E-state index in [1.165, 1.54) is 0 Å². The quantitative estimate of drug-likeness (QED) is 0.413. The fourth-order valence-corrected chi connectivity index (χ4v) is 5.35. The molecule has 2 aliphatic rings. The molecule has 0 unspecified atom stereocenters. The average molecular weight is 517 g/mol. The van der Waals surface area contributed by atoms with Gasteiger partial charge in [-0.05, 0) is 48.2 Å². The molecule has 3 aromatic rings. The molecule has 3 aromatic carbocycles. The van der Waals surface area contributed by atoms with Gasteiger partial charge in [-0.15, -0.1) is 0 Å². The van der Waals surface area contributed by atoms with E-state index in [9.17, 15) is 4.79 Å². The summed E-state index contributed by atoms with van der Waals surface area (Å²) in [5, 5.41) is 7.18. The molecule has 0 saturated carbocycles. The molecule has 5 rings (SSSR count). The van der Waals surface area contributed by atoms with Crippen molar-refractivity contribution in [1.82, 2.24) is 0 Å². The van der Waals surface area contributed by atoms with Crippen LogP contribution >= 0.6 is 0 Å². The molecule has 2 N–H and O–H groups in total. The Labute approximate surface area is 222 Å². The summed E-state index contributed by atoms with van der Waals surface area (Å²) in [6.07, 6.45) is 1.01. The molecule has 2 atom stereocenters. The van der Waals surface area contributed by atoms with Gasteiger partial charge in [0.1, 0.15) is 5.75 Å². The molecule has 0 aromatic heterocycles. The number of ether oxygens (including phenoxy) is 5. The van der Waals surface area contributed by atoms with E-state index in [-0.39, 0.29) is 11.7 Å². The zero-order valence-electron chi connectivity index (χ0n) is 22.2. The van der Waals surface area contributed by atoms with E-state index in [0.717, 1.165) is 28.2 Å². The summed E-state index contributed by atoms with van der Waals surface area (Å²) in [5.74, 6) is 3.05. The summed E-state index contributed by atoms with van der Waals surface area (Å²) < 4.78 is 27.8. The Bertz CT molecular complexity index is 1400. The van der Waals surface area contributed by atoms with E-state index in [0.29, 0.717) is 47.2 Å². The Morgan fingerprint density at radius 3 is 2.00 bits per heavy atom. The molecule has 0 fully saturated rings. The third kappa shape index (κ3) is 4.47. The van der Waals surface area contributed by atoms with Crippen molar-refractivity contribution in [2.75, 3.05) is 46.2 Å². The number of hydrogen-bond donors (Lipinski definition) is 2. The lowest BCUT2D eigenvalue weighted by molar-refractivity contribution is -0.116. The highest BCUT2D eigenvalue weighted by Crippen LogP contribution is 2.48. The minimum Gasteiger partial charge on any atom is -0.496 e. The van der Waals surface area contributed by atoms with Crippen LogP contribution in [0.25, 0.3) is 0 Å². The predicted octanol–water partition coefficient (Wildman–Crippen LogP) is 5.71. The van der Waals surface area contributed by atoms with Gasteiger partial charge in [0.05, 0.1) is 53.0 Å². The summed E-state index contributed by atoms with van der Waals surface area (Å²) in [5.41, 5.74) is 5.16. The molecule has 1 aliphatic heterocycles. The van der Waals surface area contributed by atoms with Crippen molar-refractivity contribution < 1.29 is 28.5 Å². The Kier molecular flexibility index (Phi) is 7.05. The second-order valence-corrected chi connectivity index (χ2v) is 9.23. The molecule has 0 saturated heterocycles. The molecule has 0 radical (unpaired) electrons. The normalized spacial score (nSPS) is 18.3. The highest BCUT2D eigenvalue weighted by Gasteiger charge is 2.37. The first-order chi connectivity index (χ1) is 18.5. The lowest BCUT2D eigenvalue weighted by Crippen LogP contribution is -2.27. The van der Waals surface area contributed by atoms with Crippen molar-refractivity contribution in [1.29, 1.82) is 0 Å². The molecular formula is C30H32N2O6. The van der Waals surface area contributed by atoms with Gasteiger partial charge in [0.2, 0.25) is 0 Å². The van der Waals surface area contributed by atoms with Crippen LogP contribution in [0.15, 0.2) is 65.9 Å². The van der Waals surface area contributed by atoms with E-state index >= 15 is 0 Å². The summed E-state index contributed by atoms with van der Waals surface area (Å²) in [4.78, 5) is 14.0. The number of nitrogens with one attached hydrogen (secondary N) is 2. The van der Waals surface area contributed by atoms with Gasteiger partial charge in [-0.25, -0.2) is 0 Å². The average Bonchev–Trinajstić information content (AvgIpc) is 3.12. The van der Waals surface area contributed by atoms with Crippen molar-refractivity contribution in [2.45, 2.75) is 24.8 Å². The highest BCUT2D eigenvalue weighted by atomic mass is 16.5. The topological polar surface area (TPSA) is 87.3 Å². The van der Waals surface area contributed by atoms with Crippen LogP contribution in [-0.4, -0.2) is 41.3 Å². The molecule has 1 heterocycles. The summed E-state index contributed by atoms with van der Waals surface area (Å²) in [7, 11) is 8.01. The van der Waals surface area contributed by atoms with E-state index in [4.69, 9.17) is 23.7 Å². The first-order valence-electron chi connectivity index (χ1n) is 12.4. The number of hydrogen-bond acceptors (Lipinski definition) is 8. The lowest BCUT2D eigenvalue weighted by Gasteiger charge is -2.31. The number of para-hydroxylation sites is 2. The molecule has 0 spiro atoms. The van der Waals surface area contributed by atoms with Crippen LogP contribution in [0.4, 0.5) is 11.4 Å². The number of allylic oxidation sites excluding steroid dienone is 1. The van der Waals surface area contributed by atoms with Crippen LogP contribution in [0, 0.1) is 0 Å². The number of benzene rings is 3. The van der Waals surface area contributed by atoms with E-state index in [1.54, 1.807) is 41.6 Å². The molecular weight excluding hydrogens is 484 g/mol. The van der Waals surface area contributed by atoms with E-state index in [1.807, 2.05) is 48.5 Å². The fraction of sp³-hybridized carbons (Fsp3) is 0.300. The number of Topliss-reactive ketones (excluding diaryl/α,β-unsaturated/α-hetero) is 1. The lowest BCUT2D eigenvalue weighted by atomic mass is 9.78. The van der Waals surface area contributed by atoms with E-state index in [2.05, 4.69) is 10.6 Å². The predicted molar refractivity (Wildman–Crippen MR) is 146 cm³/mol. The molecule has 1 aliphatic carbocycles. The Balaban J connectivity index is 1.63. The van der Waals surface area contributed by atoms with Gasteiger partial charge < -0.3 is 34.3 Å². The van der Waals surface area contributed by atoms with Crippen LogP contribution in [0.2, 0.25) is 0 Å². The number of fused-ring (bicyclic) bond motifs is 1. The van der Waals surface area contributed by atoms with Crippen molar-refractivity contribution in [3.05, 3.63) is 77.0 Å². The van der Waals surface area contributed by atoms with Crippen molar-refractivity contribution in [2.24, 2.45) is 0 Å². The third-order valence-electron chi connectivity index (χ3n) is 7.23. The molecule has 0 amide bonds. The molecule has 198 valence electrons. The van der Waals surface area contributed by atoms with Gasteiger partial charge in [0.25, 0.3) is 0 Å². The van der Waals surface area contributed by atoms with Crippen LogP contribution in [0.1, 0.15) is 35.9 Å². The number of anilines is 2. The second-order valence-electron chi connectivity index (χ2n) is 9.23. The van der Waals surface area contributed by atoms with Gasteiger partial charge in [0, 0.05) is 29.3 Å². The maximum absolute atomic E-state index is 14.0. The van der Waals surface area contributed by atoms with Crippen LogP contribution < -0.4 is 34.3 Å². The van der Waals surface area contributed by atoms with Crippen LogP contribution in [0.3, 0.4) is 0 Å². The monoisotopic (exact) mass is 516 g/mol. The number of ketones is 1. The molecule has 8 nitrogen and oxygen atoms in total. The maximum Gasteiger partial charge on any atom is 0.164 e. The van der Waals surface area contributed by atoms with Crippen molar-refractivity contribution in [3.8, 4) is 28.7 Å². The second kappa shape index (κ2) is 10.6. The van der Waals surface area contributed by atoms with Gasteiger partial charge in [-0.1, -0.05) is 18.2 Å². The highest BCUT2D eigenvalue weighted by molar-refractivity contribution is 6.01. The fourth-order valence-electron chi connectivity index (χ4n) is 5.35. The number of methoxy groups -OCH3 is 5. The SMILES string of the molecule is COc1ccc([C@H]2CC(=O)C3=C(C2)Nc2ccccc2N[C@@H]3c2cc(OC)c(OC)cc2OC)cc1OC. The smallest absolute Gasteiger partial charge is 0.164 e. The van der Waals surface area contributed by atoms with Gasteiger partial charge in [0.15, 0.2) is 28.8 Å². The van der Waals surface area contributed by atoms with Gasteiger partial charge in [-0.2, -0.15) is 0 Å². The maximum atomic E-state index is 14.0. The van der Waals surface area contributed by atoms with Gasteiger partial charge in [-0.3, -0.25) is 4.79 Å². The Morgan fingerprint density at radius 1 is 0.684 bits per heavy atom. The third-order valence-corrected chi connectivity index (χ3v) is 7.23. The number of carbonyl (C=O) groups is 1. The van der Waals surface area contributed by atoms with Crippen LogP contribution in [0.5, 0.6) is 28.7 Å². The van der Waals surface area contributed by atoms with Crippen molar-refractivity contribution in [3.63, 3.8) is 0 Å². The summed E-state index contributed by atoms with van der Waals surface area (Å²) >= 11 is 0. The Morgan fingerprint density at radius 2 is 1.32 bits per heavy atom. The first kappa shape index (κ1) is 25.3. The summed E-state index contributed by atoms with van der Waals surface area (Å²) in [6.45, 7) is 0. The van der Waals surface area contributed by atoms with E-state index < -0.39 is 6.04 Å². The zero-order valence-corrected chi connectivity index (χ0v) is 22.2. The molecule has 8 heteroatoms. The summed E-state index contributed by atoms with van der Waals surface area (Å²) in [6, 6.07) is 17.0. The standard InChI is InChI=1S/C30H32N2O6/c1-34-24-11-10-17(14-26(24)36-3)18-12-22-29(23(33)13-18)30(32-21-9-7-6-8-20(21)31-22)19-15-27(37-4)28(38-5)16-25(19)35-2/h6-11,14-16,18,30-32H,12-13H2,1-5H3/t18-,30-/m1/s1. The van der Waals surface area contributed by atoms with Crippen LogP contribution in [-0.2, 0) is 4.79 Å². The largest absolute Gasteiger partial charge is 0.496 e. The Hall–Kier alpha value is -4.33. The molecule has 38 heavy (non-hydrogen) atoms. The number of rotatable bonds is 7. The van der Waals surface area contributed by atoms with Gasteiger partial charge >= 0.3 is 0 Å². The minimum absolute atomic E-state index is 0.0215. The minimum atomic E-state index is -0.463. The molecule has 0 bridgehead atoms. The first-order valence-corrected chi connectivity index (χ1v) is 12.4.